The molecule has 1 saturated heterocycles. The Morgan fingerprint density at radius 3 is 2.35 bits per heavy atom. The normalized spacial score (nSPS) is 19.7. The summed E-state index contributed by atoms with van der Waals surface area (Å²) in [5, 5.41) is 24.1. The Labute approximate surface area is 268 Å². The summed E-state index contributed by atoms with van der Waals surface area (Å²) in [6.45, 7) is 19.3. The molecule has 0 unspecified atom stereocenters. The van der Waals surface area contributed by atoms with Crippen LogP contribution in [-0.4, -0.2) is 84.1 Å². The van der Waals surface area contributed by atoms with Crippen molar-refractivity contribution in [2.75, 3.05) is 31.5 Å². The number of hydrogen-bond donors (Lipinski definition) is 2. The van der Waals surface area contributed by atoms with Gasteiger partial charge >= 0.3 is 6.09 Å². The van der Waals surface area contributed by atoms with Gasteiger partial charge in [-0.05, 0) is 90.6 Å². The van der Waals surface area contributed by atoms with E-state index in [1.54, 1.807) is 32.0 Å². The third kappa shape index (κ3) is 6.57. The molecule has 2 aliphatic rings. The lowest BCUT2D eigenvalue weighted by Crippen LogP contribution is -2.53. The fourth-order valence-corrected chi connectivity index (χ4v) is 6.58. The van der Waals surface area contributed by atoms with Crippen LogP contribution in [0, 0.1) is 6.57 Å². The minimum Gasteiger partial charge on any atom is -0.444 e. The molecule has 0 bridgehead atoms. The van der Waals surface area contributed by atoms with Crippen molar-refractivity contribution in [3.63, 3.8) is 0 Å². The number of anilines is 1. The van der Waals surface area contributed by atoms with Gasteiger partial charge in [-0.1, -0.05) is 0 Å². The molecule has 6 rings (SSSR count). The van der Waals surface area contributed by atoms with Gasteiger partial charge in [0.1, 0.15) is 11.3 Å². The standard InChI is InChI=1S/C34H42N8O4/c1-33(2,3)46-32(44)40-15-13-39(14-16-40)24-7-9-25(10-8-24)41-21-22-17-29(27(34(4,5)45)19-28(22)38-41)37-31(43)30-12-11-26-18-23(35-6)20-36-42(26)30/h11-12,17-21,24-25,45H,7-10,13-16H2,1-5H3,(H,37,43). The summed E-state index contributed by atoms with van der Waals surface area (Å²) in [6.07, 6.45) is 7.33. The summed E-state index contributed by atoms with van der Waals surface area (Å²) < 4.78 is 9.09. The molecule has 2 amide bonds. The largest absolute Gasteiger partial charge is 0.444 e. The Bertz CT molecular complexity index is 1810. The van der Waals surface area contributed by atoms with Crippen LogP contribution >= 0.6 is 0 Å². The van der Waals surface area contributed by atoms with Gasteiger partial charge in [-0.15, -0.1) is 0 Å². The summed E-state index contributed by atoms with van der Waals surface area (Å²) in [6, 6.07) is 9.57. The number of nitrogens with zero attached hydrogens (tertiary/aromatic N) is 7. The number of ether oxygens (including phenoxy) is 1. The molecule has 1 saturated carbocycles. The zero-order chi connectivity index (χ0) is 32.8. The number of amides is 2. The van der Waals surface area contributed by atoms with Crippen LogP contribution in [0.3, 0.4) is 0 Å². The monoisotopic (exact) mass is 626 g/mol. The van der Waals surface area contributed by atoms with Crippen molar-refractivity contribution in [1.29, 1.82) is 0 Å². The average molecular weight is 627 g/mol. The number of nitrogens with one attached hydrogen (secondary N) is 1. The van der Waals surface area contributed by atoms with Crippen LogP contribution < -0.4 is 5.32 Å². The van der Waals surface area contributed by atoms with E-state index in [4.69, 9.17) is 16.4 Å². The maximum Gasteiger partial charge on any atom is 0.410 e. The fraction of sp³-hybridized carbons (Fsp3) is 0.500. The number of fused-ring (bicyclic) bond motifs is 2. The van der Waals surface area contributed by atoms with Gasteiger partial charge in [0.2, 0.25) is 5.69 Å². The first-order valence-electron chi connectivity index (χ1n) is 15.9. The SMILES string of the molecule is [C-]#[N+]c1cnn2c(C(=O)Nc3cc4cn(C5CCC(N6CCN(C(=O)OC(C)(C)C)CC6)CC5)nc4cc3C(C)(C)O)ccc2c1. The minimum atomic E-state index is -1.23. The van der Waals surface area contributed by atoms with E-state index in [0.29, 0.717) is 47.3 Å². The predicted octanol–water partition coefficient (Wildman–Crippen LogP) is 5.75. The molecule has 4 heterocycles. The van der Waals surface area contributed by atoms with E-state index in [0.717, 1.165) is 49.7 Å². The molecule has 3 aromatic heterocycles. The zero-order valence-corrected chi connectivity index (χ0v) is 27.2. The van der Waals surface area contributed by atoms with Crippen molar-refractivity contribution in [1.82, 2.24) is 29.2 Å². The number of aliphatic hydroxyl groups is 1. The highest BCUT2D eigenvalue weighted by atomic mass is 16.6. The predicted molar refractivity (Wildman–Crippen MR) is 175 cm³/mol. The Morgan fingerprint density at radius 1 is 1.00 bits per heavy atom. The molecule has 4 aromatic rings. The van der Waals surface area contributed by atoms with Crippen molar-refractivity contribution < 1.29 is 19.4 Å². The van der Waals surface area contributed by atoms with Gasteiger partial charge in [0, 0.05) is 55.1 Å². The van der Waals surface area contributed by atoms with E-state index in [9.17, 15) is 14.7 Å². The number of carbonyl (C=O) groups excluding carboxylic acids is 2. The molecule has 2 fully saturated rings. The van der Waals surface area contributed by atoms with Gasteiger partial charge in [0.05, 0.1) is 35.4 Å². The highest BCUT2D eigenvalue weighted by Gasteiger charge is 2.32. The Balaban J connectivity index is 1.13. The first-order valence-corrected chi connectivity index (χ1v) is 15.9. The van der Waals surface area contributed by atoms with Crippen LogP contribution in [0.5, 0.6) is 0 Å². The minimum absolute atomic E-state index is 0.233. The molecule has 2 N–H and O–H groups in total. The topological polar surface area (TPSA) is 122 Å². The molecule has 1 aliphatic carbocycles. The Hall–Kier alpha value is -4.47. The van der Waals surface area contributed by atoms with Crippen LogP contribution in [0.25, 0.3) is 21.3 Å². The number of aromatic nitrogens is 4. The first-order chi connectivity index (χ1) is 21.8. The van der Waals surface area contributed by atoms with E-state index in [2.05, 4.69) is 20.2 Å². The molecule has 0 spiro atoms. The van der Waals surface area contributed by atoms with Gasteiger partial charge in [-0.2, -0.15) is 10.2 Å². The molecule has 12 nitrogen and oxygen atoms in total. The van der Waals surface area contributed by atoms with Crippen LogP contribution in [0.1, 0.15) is 82.4 Å². The third-order valence-electron chi connectivity index (χ3n) is 8.94. The van der Waals surface area contributed by atoms with Crippen molar-refractivity contribution in [3.05, 3.63) is 65.4 Å². The zero-order valence-electron chi connectivity index (χ0n) is 27.2. The van der Waals surface area contributed by atoms with Gasteiger partial charge in [0.25, 0.3) is 5.91 Å². The quantitative estimate of drug-likeness (QED) is 0.271. The lowest BCUT2D eigenvalue weighted by molar-refractivity contribution is 0.00721. The average Bonchev–Trinajstić information content (AvgIpc) is 3.63. The summed E-state index contributed by atoms with van der Waals surface area (Å²) >= 11 is 0. The molecule has 242 valence electrons. The molecule has 1 aliphatic heterocycles. The van der Waals surface area contributed by atoms with Gasteiger partial charge in [0.15, 0.2) is 0 Å². The lowest BCUT2D eigenvalue weighted by Gasteiger charge is -2.42. The van der Waals surface area contributed by atoms with Gasteiger partial charge in [-0.3, -0.25) is 14.4 Å². The maximum absolute atomic E-state index is 13.4. The number of piperazine rings is 1. The second kappa shape index (κ2) is 12.0. The third-order valence-corrected chi connectivity index (χ3v) is 8.94. The van der Waals surface area contributed by atoms with Gasteiger partial charge in [-0.25, -0.2) is 14.2 Å². The van der Waals surface area contributed by atoms with Crippen molar-refractivity contribution >= 4 is 39.8 Å². The van der Waals surface area contributed by atoms with Crippen molar-refractivity contribution in [2.45, 2.75) is 83.6 Å². The number of benzene rings is 1. The molecule has 0 radical (unpaired) electrons. The van der Waals surface area contributed by atoms with Crippen LogP contribution in [0.4, 0.5) is 16.2 Å². The van der Waals surface area contributed by atoms with E-state index in [1.807, 2.05) is 48.7 Å². The fourth-order valence-electron chi connectivity index (χ4n) is 6.58. The van der Waals surface area contributed by atoms with E-state index in [-0.39, 0.29) is 18.0 Å². The smallest absolute Gasteiger partial charge is 0.410 e. The van der Waals surface area contributed by atoms with Crippen molar-refractivity contribution in [3.8, 4) is 0 Å². The molecule has 1 aromatic carbocycles. The highest BCUT2D eigenvalue weighted by Crippen LogP contribution is 2.36. The summed E-state index contributed by atoms with van der Waals surface area (Å²) in [4.78, 5) is 33.6. The number of rotatable bonds is 5. The second-order valence-electron chi connectivity index (χ2n) is 13.9. The van der Waals surface area contributed by atoms with Gasteiger partial charge < -0.3 is 20.1 Å². The maximum atomic E-state index is 13.4. The molecule has 12 heteroatoms. The molecule has 46 heavy (non-hydrogen) atoms. The van der Waals surface area contributed by atoms with E-state index < -0.39 is 11.2 Å². The highest BCUT2D eigenvalue weighted by molar-refractivity contribution is 6.05. The Morgan fingerprint density at radius 2 is 1.70 bits per heavy atom. The molecule has 0 atom stereocenters. The second-order valence-corrected chi connectivity index (χ2v) is 13.9. The summed E-state index contributed by atoms with van der Waals surface area (Å²) in [5.74, 6) is -0.370. The van der Waals surface area contributed by atoms with Crippen LogP contribution in [0.2, 0.25) is 0 Å². The molecular weight excluding hydrogens is 584 g/mol. The van der Waals surface area contributed by atoms with Crippen LogP contribution in [0.15, 0.2) is 42.7 Å². The summed E-state index contributed by atoms with van der Waals surface area (Å²) in [7, 11) is 0. The number of carbonyl (C=O) groups is 2. The van der Waals surface area contributed by atoms with E-state index in [1.165, 1.54) is 10.7 Å². The van der Waals surface area contributed by atoms with Crippen LogP contribution in [-0.2, 0) is 10.3 Å². The van der Waals surface area contributed by atoms with Crippen molar-refractivity contribution in [2.24, 2.45) is 0 Å². The van der Waals surface area contributed by atoms with E-state index >= 15 is 0 Å². The number of hydrogen-bond acceptors (Lipinski definition) is 7. The Kier molecular flexibility index (Phi) is 8.25. The summed E-state index contributed by atoms with van der Waals surface area (Å²) in [5.41, 5.74) is 1.49. The first kappa shape index (κ1) is 31.5. The lowest BCUT2D eigenvalue weighted by atomic mass is 9.90. The molecular formula is C34H42N8O4.